The molecule has 1 aliphatic carbocycles. The molecule has 3 N–H and O–H groups in total. The molecule has 21 heavy (non-hydrogen) atoms. The van der Waals surface area contributed by atoms with Gasteiger partial charge in [0.1, 0.15) is 0 Å². The van der Waals surface area contributed by atoms with Gasteiger partial charge in [0.2, 0.25) is 0 Å². The molecule has 0 aliphatic heterocycles. The summed E-state index contributed by atoms with van der Waals surface area (Å²) in [6.45, 7) is 5.89. The second kappa shape index (κ2) is 7.46. The third kappa shape index (κ3) is 5.05. The molecular weight excluding hydrogens is 260 g/mol. The van der Waals surface area contributed by atoms with Gasteiger partial charge in [0.25, 0.3) is 0 Å². The Morgan fingerprint density at radius 1 is 1.24 bits per heavy atom. The van der Waals surface area contributed by atoms with Crippen LogP contribution in [0.15, 0.2) is 23.2 Å². The van der Waals surface area contributed by atoms with Crippen molar-refractivity contribution in [2.75, 3.05) is 25.5 Å². The molecule has 0 aromatic heterocycles. The lowest BCUT2D eigenvalue weighted by atomic mass is 10.1. The zero-order valence-electron chi connectivity index (χ0n) is 13.5. The van der Waals surface area contributed by atoms with Crippen LogP contribution in [0.4, 0.5) is 5.69 Å². The molecule has 1 saturated carbocycles. The minimum Gasteiger partial charge on any atom is -0.370 e. The number of likely N-dealkylation sites (N-methyl/N-ethyl adjacent to an activating group) is 1. The quantitative estimate of drug-likeness (QED) is 0.647. The maximum absolute atomic E-state index is 5.97. The Hall–Kier alpha value is -1.55. The van der Waals surface area contributed by atoms with Gasteiger partial charge in [-0.25, -0.2) is 0 Å². The van der Waals surface area contributed by atoms with Crippen LogP contribution < -0.4 is 11.1 Å². The van der Waals surface area contributed by atoms with E-state index in [1.165, 1.54) is 36.8 Å². The van der Waals surface area contributed by atoms with Crippen LogP contribution in [-0.2, 0) is 0 Å². The van der Waals surface area contributed by atoms with E-state index in [0.29, 0.717) is 5.96 Å². The Bertz CT molecular complexity index is 469. The van der Waals surface area contributed by atoms with Gasteiger partial charge < -0.3 is 16.0 Å². The molecule has 2 rings (SSSR count). The van der Waals surface area contributed by atoms with Crippen molar-refractivity contribution in [2.24, 2.45) is 10.7 Å². The SMILES string of the molecule is Cc1cc(C)cc(NC(N)=NCCN(C)C2CCCC2)c1. The third-order valence-electron chi connectivity index (χ3n) is 4.18. The van der Waals surface area contributed by atoms with E-state index in [-0.39, 0.29) is 0 Å². The number of benzene rings is 1. The van der Waals surface area contributed by atoms with Gasteiger partial charge in [0.05, 0.1) is 6.54 Å². The fourth-order valence-corrected chi connectivity index (χ4v) is 3.09. The van der Waals surface area contributed by atoms with Gasteiger partial charge in [-0.3, -0.25) is 4.99 Å². The Kier molecular flexibility index (Phi) is 5.62. The van der Waals surface area contributed by atoms with Crippen molar-refractivity contribution >= 4 is 11.6 Å². The summed E-state index contributed by atoms with van der Waals surface area (Å²) in [6.07, 6.45) is 5.40. The first-order valence-electron chi connectivity index (χ1n) is 7.90. The molecule has 1 aliphatic rings. The van der Waals surface area contributed by atoms with Crippen LogP contribution in [0.5, 0.6) is 0 Å². The van der Waals surface area contributed by atoms with Crippen molar-refractivity contribution in [1.29, 1.82) is 0 Å². The molecule has 0 unspecified atom stereocenters. The Labute approximate surface area is 128 Å². The largest absolute Gasteiger partial charge is 0.370 e. The molecule has 1 fully saturated rings. The zero-order chi connectivity index (χ0) is 15.2. The van der Waals surface area contributed by atoms with Crippen molar-refractivity contribution in [1.82, 2.24) is 4.90 Å². The maximum Gasteiger partial charge on any atom is 0.193 e. The van der Waals surface area contributed by atoms with E-state index in [0.717, 1.165) is 24.8 Å². The van der Waals surface area contributed by atoms with E-state index < -0.39 is 0 Å². The number of nitrogens with one attached hydrogen (secondary N) is 1. The van der Waals surface area contributed by atoms with Crippen molar-refractivity contribution in [3.63, 3.8) is 0 Å². The van der Waals surface area contributed by atoms with Crippen molar-refractivity contribution in [3.8, 4) is 0 Å². The van der Waals surface area contributed by atoms with Gasteiger partial charge in [-0.2, -0.15) is 0 Å². The summed E-state index contributed by atoms with van der Waals surface area (Å²) in [5.74, 6) is 0.500. The summed E-state index contributed by atoms with van der Waals surface area (Å²) in [6, 6.07) is 7.06. The molecule has 0 spiro atoms. The van der Waals surface area contributed by atoms with Crippen LogP contribution in [0.3, 0.4) is 0 Å². The molecule has 1 aromatic carbocycles. The van der Waals surface area contributed by atoms with Crippen LogP contribution >= 0.6 is 0 Å². The minimum absolute atomic E-state index is 0.500. The summed E-state index contributed by atoms with van der Waals surface area (Å²) >= 11 is 0. The second-order valence-electron chi connectivity index (χ2n) is 6.19. The summed E-state index contributed by atoms with van der Waals surface area (Å²) in [5.41, 5.74) is 9.43. The van der Waals surface area contributed by atoms with E-state index in [1.54, 1.807) is 0 Å². The molecule has 0 amide bonds. The minimum atomic E-state index is 0.500. The predicted molar refractivity (Wildman–Crippen MR) is 90.9 cm³/mol. The summed E-state index contributed by atoms with van der Waals surface area (Å²) in [5, 5.41) is 3.18. The average molecular weight is 288 g/mol. The van der Waals surface area contributed by atoms with Crippen LogP contribution in [0.25, 0.3) is 0 Å². The van der Waals surface area contributed by atoms with Gasteiger partial charge >= 0.3 is 0 Å². The first kappa shape index (κ1) is 15.8. The number of aliphatic imine (C=N–C) groups is 1. The summed E-state index contributed by atoms with van der Waals surface area (Å²) < 4.78 is 0. The highest BCUT2D eigenvalue weighted by Crippen LogP contribution is 2.21. The molecule has 0 saturated heterocycles. The predicted octanol–water partition coefficient (Wildman–Crippen LogP) is 2.90. The molecule has 0 radical (unpaired) electrons. The molecule has 4 heteroatoms. The second-order valence-corrected chi connectivity index (χ2v) is 6.19. The number of guanidine groups is 1. The summed E-state index contributed by atoms with van der Waals surface area (Å²) in [7, 11) is 2.19. The molecule has 1 aromatic rings. The zero-order valence-corrected chi connectivity index (χ0v) is 13.5. The Morgan fingerprint density at radius 3 is 2.48 bits per heavy atom. The first-order valence-corrected chi connectivity index (χ1v) is 7.90. The lowest BCUT2D eigenvalue weighted by molar-refractivity contribution is 0.252. The molecule has 0 heterocycles. The lowest BCUT2D eigenvalue weighted by Crippen LogP contribution is -2.32. The fraction of sp³-hybridized carbons (Fsp3) is 0.588. The molecular formula is C17H28N4. The topological polar surface area (TPSA) is 53.6 Å². The highest BCUT2D eigenvalue weighted by Gasteiger charge is 2.18. The lowest BCUT2D eigenvalue weighted by Gasteiger charge is -2.22. The Balaban J connectivity index is 1.80. The average Bonchev–Trinajstić information content (AvgIpc) is 2.90. The van der Waals surface area contributed by atoms with Crippen molar-refractivity contribution in [3.05, 3.63) is 29.3 Å². The van der Waals surface area contributed by atoms with E-state index in [9.17, 15) is 0 Å². The fourth-order valence-electron chi connectivity index (χ4n) is 3.09. The van der Waals surface area contributed by atoms with E-state index in [4.69, 9.17) is 5.73 Å². The Morgan fingerprint density at radius 2 is 1.86 bits per heavy atom. The third-order valence-corrected chi connectivity index (χ3v) is 4.18. The molecule has 116 valence electrons. The normalized spacial score (nSPS) is 16.7. The van der Waals surface area contributed by atoms with Crippen molar-refractivity contribution in [2.45, 2.75) is 45.6 Å². The monoisotopic (exact) mass is 288 g/mol. The van der Waals surface area contributed by atoms with Gasteiger partial charge in [0.15, 0.2) is 5.96 Å². The van der Waals surface area contributed by atoms with Crippen molar-refractivity contribution < 1.29 is 0 Å². The van der Waals surface area contributed by atoms with Gasteiger partial charge in [-0.05, 0) is 57.0 Å². The number of hydrogen-bond donors (Lipinski definition) is 2. The standard InChI is InChI=1S/C17H28N4/c1-13-10-14(2)12-15(11-13)20-17(18)19-8-9-21(3)16-6-4-5-7-16/h10-12,16H,4-9H2,1-3H3,(H3,18,19,20). The molecule has 4 nitrogen and oxygen atoms in total. The maximum atomic E-state index is 5.97. The number of rotatable bonds is 5. The number of aryl methyl sites for hydroxylation is 2. The van der Waals surface area contributed by atoms with Crippen LogP contribution in [-0.4, -0.2) is 37.0 Å². The van der Waals surface area contributed by atoms with Gasteiger partial charge in [0, 0.05) is 18.3 Å². The van der Waals surface area contributed by atoms with E-state index >= 15 is 0 Å². The first-order chi connectivity index (χ1) is 10.0. The molecule has 0 atom stereocenters. The summed E-state index contributed by atoms with van der Waals surface area (Å²) in [4.78, 5) is 6.85. The van der Waals surface area contributed by atoms with Crippen LogP contribution in [0.1, 0.15) is 36.8 Å². The highest BCUT2D eigenvalue weighted by atomic mass is 15.2. The number of anilines is 1. The van der Waals surface area contributed by atoms with E-state index in [1.807, 2.05) is 0 Å². The smallest absolute Gasteiger partial charge is 0.193 e. The van der Waals surface area contributed by atoms with Gasteiger partial charge in [-0.15, -0.1) is 0 Å². The van der Waals surface area contributed by atoms with E-state index in [2.05, 4.69) is 54.3 Å². The molecule has 0 bridgehead atoms. The van der Waals surface area contributed by atoms with Crippen LogP contribution in [0.2, 0.25) is 0 Å². The highest BCUT2D eigenvalue weighted by molar-refractivity contribution is 5.92. The number of nitrogens with two attached hydrogens (primary N) is 1. The van der Waals surface area contributed by atoms with Gasteiger partial charge in [-0.1, -0.05) is 18.9 Å². The number of nitrogens with zero attached hydrogens (tertiary/aromatic N) is 2. The number of hydrogen-bond acceptors (Lipinski definition) is 2. The van der Waals surface area contributed by atoms with Crippen LogP contribution in [0, 0.1) is 13.8 Å².